The van der Waals surface area contributed by atoms with E-state index in [9.17, 15) is 0 Å². The highest BCUT2D eigenvalue weighted by atomic mass is 14.1. The maximum atomic E-state index is 5.51. The molecule has 2 rings (SSSR count). The van der Waals surface area contributed by atoms with E-state index >= 15 is 0 Å². The minimum absolute atomic E-state index is 0.782. The van der Waals surface area contributed by atoms with Crippen LogP contribution in [0.4, 0.5) is 0 Å². The van der Waals surface area contributed by atoms with Crippen LogP contribution in [0.2, 0.25) is 0 Å². The van der Waals surface area contributed by atoms with E-state index in [0.29, 0.717) is 0 Å². The Balaban J connectivity index is 2.34. The summed E-state index contributed by atoms with van der Waals surface area (Å²) in [5.41, 5.74) is 5.06. The lowest BCUT2D eigenvalue weighted by Crippen LogP contribution is -1.96. The average molecular weight is 229 g/mol. The van der Waals surface area contributed by atoms with E-state index in [4.69, 9.17) is 12.8 Å². The molecule has 18 heavy (non-hydrogen) atoms. The van der Waals surface area contributed by atoms with E-state index in [2.05, 4.69) is 18.8 Å². The molecule has 0 heteroatoms. The van der Waals surface area contributed by atoms with Gasteiger partial charge in [-0.15, -0.1) is 12.8 Å². The number of rotatable bonds is 2. The molecule has 0 bridgehead atoms. The van der Waals surface area contributed by atoms with Gasteiger partial charge in [-0.2, -0.15) is 0 Å². The SMILES string of the molecule is C#Cc1ccc(Cc2c([CH2])cccc2C#C)cc1. The molecule has 85 valence electrons. The van der Waals surface area contributed by atoms with Crippen LogP contribution in [-0.4, -0.2) is 0 Å². The maximum Gasteiger partial charge on any atom is 0.0280 e. The fourth-order valence-electron chi connectivity index (χ4n) is 1.90. The summed E-state index contributed by atoms with van der Waals surface area (Å²) in [6.07, 6.45) is 11.6. The van der Waals surface area contributed by atoms with Gasteiger partial charge < -0.3 is 0 Å². The van der Waals surface area contributed by atoms with Crippen molar-refractivity contribution in [3.8, 4) is 24.7 Å². The molecule has 0 nitrogen and oxygen atoms in total. The van der Waals surface area contributed by atoms with Crippen LogP contribution in [0.5, 0.6) is 0 Å². The summed E-state index contributed by atoms with van der Waals surface area (Å²) in [5, 5.41) is 0. The van der Waals surface area contributed by atoms with Crippen molar-refractivity contribution in [2.75, 3.05) is 0 Å². The zero-order valence-electron chi connectivity index (χ0n) is 10.1. The van der Waals surface area contributed by atoms with Crippen LogP contribution in [-0.2, 0) is 6.42 Å². The van der Waals surface area contributed by atoms with Gasteiger partial charge in [0, 0.05) is 11.1 Å². The van der Waals surface area contributed by atoms with Gasteiger partial charge in [0.25, 0.3) is 0 Å². The van der Waals surface area contributed by atoms with Crippen LogP contribution < -0.4 is 0 Å². The van der Waals surface area contributed by atoms with E-state index in [0.717, 1.165) is 28.7 Å². The molecule has 0 fully saturated rings. The smallest absolute Gasteiger partial charge is 0.0280 e. The van der Waals surface area contributed by atoms with Crippen LogP contribution in [0.1, 0.15) is 27.8 Å². The Labute approximate surface area is 109 Å². The van der Waals surface area contributed by atoms with Crippen LogP contribution >= 0.6 is 0 Å². The molecular weight excluding hydrogens is 216 g/mol. The Morgan fingerprint density at radius 3 is 2.28 bits per heavy atom. The number of hydrogen-bond acceptors (Lipinski definition) is 0. The highest BCUT2D eigenvalue weighted by molar-refractivity contribution is 5.48. The Hall–Kier alpha value is -2.44. The molecule has 0 aliphatic heterocycles. The van der Waals surface area contributed by atoms with Gasteiger partial charge in [0.15, 0.2) is 0 Å². The predicted molar refractivity (Wildman–Crippen MR) is 76.0 cm³/mol. The molecule has 0 spiro atoms. The van der Waals surface area contributed by atoms with E-state index in [1.165, 1.54) is 5.56 Å². The van der Waals surface area contributed by atoms with Crippen LogP contribution in [0, 0.1) is 31.6 Å². The van der Waals surface area contributed by atoms with E-state index in [1.54, 1.807) is 0 Å². The highest BCUT2D eigenvalue weighted by Crippen LogP contribution is 2.18. The van der Waals surface area contributed by atoms with Crippen molar-refractivity contribution in [1.82, 2.24) is 0 Å². The van der Waals surface area contributed by atoms with E-state index < -0.39 is 0 Å². The second kappa shape index (κ2) is 5.26. The first-order chi connectivity index (χ1) is 8.74. The minimum Gasteiger partial charge on any atom is -0.115 e. The Morgan fingerprint density at radius 1 is 0.944 bits per heavy atom. The quantitative estimate of drug-likeness (QED) is 0.692. The second-order valence-corrected chi connectivity index (χ2v) is 4.11. The molecule has 2 aromatic carbocycles. The first-order valence-electron chi connectivity index (χ1n) is 5.70. The molecule has 0 N–H and O–H groups in total. The monoisotopic (exact) mass is 229 g/mol. The second-order valence-electron chi connectivity index (χ2n) is 4.11. The summed E-state index contributed by atoms with van der Waals surface area (Å²) >= 11 is 0. The van der Waals surface area contributed by atoms with Crippen molar-refractivity contribution < 1.29 is 0 Å². The lowest BCUT2D eigenvalue weighted by atomic mass is 9.95. The summed E-state index contributed by atoms with van der Waals surface area (Å²) in [6, 6.07) is 13.8. The van der Waals surface area contributed by atoms with Crippen molar-refractivity contribution in [3.63, 3.8) is 0 Å². The minimum atomic E-state index is 0.782. The molecule has 0 unspecified atom stereocenters. The summed E-state index contributed by atoms with van der Waals surface area (Å²) in [6.45, 7) is 4.03. The number of hydrogen-bond donors (Lipinski definition) is 0. The number of terminal acetylenes is 2. The van der Waals surface area contributed by atoms with Gasteiger partial charge >= 0.3 is 0 Å². The zero-order valence-corrected chi connectivity index (χ0v) is 10.1. The van der Waals surface area contributed by atoms with Crippen molar-refractivity contribution in [2.45, 2.75) is 6.42 Å². The fourth-order valence-corrected chi connectivity index (χ4v) is 1.90. The Morgan fingerprint density at radius 2 is 1.67 bits per heavy atom. The van der Waals surface area contributed by atoms with Gasteiger partial charge in [-0.3, -0.25) is 0 Å². The molecule has 2 aromatic rings. The van der Waals surface area contributed by atoms with Crippen molar-refractivity contribution in [1.29, 1.82) is 0 Å². The summed E-state index contributed by atoms with van der Waals surface area (Å²) < 4.78 is 0. The summed E-state index contributed by atoms with van der Waals surface area (Å²) in [4.78, 5) is 0. The standard InChI is InChI=1S/C18H13/c1-4-15-9-11-16(12-10-15)13-18-14(3)7-6-8-17(18)5-2/h1-2,6-12H,3,13H2. The lowest BCUT2D eigenvalue weighted by molar-refractivity contribution is 1.17. The van der Waals surface area contributed by atoms with Crippen LogP contribution in [0.3, 0.4) is 0 Å². The molecule has 0 aliphatic rings. The van der Waals surface area contributed by atoms with E-state index in [-0.39, 0.29) is 0 Å². The summed E-state index contributed by atoms with van der Waals surface area (Å²) in [7, 11) is 0. The topological polar surface area (TPSA) is 0 Å². The number of benzene rings is 2. The van der Waals surface area contributed by atoms with Gasteiger partial charge in [0.2, 0.25) is 0 Å². The van der Waals surface area contributed by atoms with Crippen LogP contribution in [0.15, 0.2) is 42.5 Å². The molecule has 0 amide bonds. The molecule has 0 saturated carbocycles. The van der Waals surface area contributed by atoms with Crippen molar-refractivity contribution in [2.24, 2.45) is 0 Å². The normalized spacial score (nSPS) is 9.50. The first kappa shape index (κ1) is 12.0. The third-order valence-corrected chi connectivity index (χ3v) is 2.93. The molecule has 0 aromatic heterocycles. The predicted octanol–water partition coefficient (Wildman–Crippen LogP) is 3.42. The molecule has 0 saturated heterocycles. The lowest BCUT2D eigenvalue weighted by Gasteiger charge is -2.09. The molecule has 1 radical (unpaired) electrons. The third kappa shape index (κ3) is 2.45. The molecule has 0 atom stereocenters. The van der Waals surface area contributed by atoms with Gasteiger partial charge in [-0.05, 0) is 48.2 Å². The van der Waals surface area contributed by atoms with Gasteiger partial charge in [-0.1, -0.05) is 36.1 Å². The maximum absolute atomic E-state index is 5.51. The van der Waals surface area contributed by atoms with Gasteiger partial charge in [0.05, 0.1) is 0 Å². The highest BCUT2D eigenvalue weighted by Gasteiger charge is 2.05. The summed E-state index contributed by atoms with van der Waals surface area (Å²) in [5.74, 6) is 5.31. The molecule has 0 heterocycles. The molecular formula is C18H13. The van der Waals surface area contributed by atoms with Crippen molar-refractivity contribution in [3.05, 3.63) is 77.2 Å². The van der Waals surface area contributed by atoms with Gasteiger partial charge in [0.1, 0.15) is 0 Å². The largest absolute Gasteiger partial charge is 0.115 e. The van der Waals surface area contributed by atoms with Crippen molar-refractivity contribution >= 4 is 0 Å². The third-order valence-electron chi connectivity index (χ3n) is 2.93. The first-order valence-corrected chi connectivity index (χ1v) is 5.70. The van der Waals surface area contributed by atoms with Gasteiger partial charge in [-0.25, -0.2) is 0 Å². The average Bonchev–Trinajstić information content (AvgIpc) is 2.42. The van der Waals surface area contributed by atoms with Crippen LogP contribution in [0.25, 0.3) is 0 Å². The van der Waals surface area contributed by atoms with E-state index in [1.807, 2.05) is 42.5 Å². The fraction of sp³-hybridized carbons (Fsp3) is 0.0556. The zero-order chi connectivity index (χ0) is 13.0. The molecule has 0 aliphatic carbocycles. The Kier molecular flexibility index (Phi) is 3.52. The Bertz CT molecular complexity index is 631.